The standard InChI is InChI=1S/C18H21N3O2/c22-18(14-10-11-14)21-12-6-2-5-9-15(21)16-19-17(23-20-16)13-7-3-1-4-8-13/h1,3-4,7-8,14-15H,2,5-6,9-12H2/t15-/m1/s1. The summed E-state index contributed by atoms with van der Waals surface area (Å²) in [4.78, 5) is 19.2. The first-order chi connectivity index (χ1) is 11.3. The third-order valence-corrected chi connectivity index (χ3v) is 4.72. The van der Waals surface area contributed by atoms with Crippen LogP contribution in [0.5, 0.6) is 0 Å². The van der Waals surface area contributed by atoms with E-state index < -0.39 is 0 Å². The van der Waals surface area contributed by atoms with Gasteiger partial charge in [-0.3, -0.25) is 4.79 Å². The van der Waals surface area contributed by atoms with Crippen LogP contribution >= 0.6 is 0 Å². The van der Waals surface area contributed by atoms with Gasteiger partial charge in [0, 0.05) is 18.0 Å². The van der Waals surface area contributed by atoms with Crippen LogP contribution in [0, 0.1) is 5.92 Å². The number of nitrogens with zero attached hydrogens (tertiary/aromatic N) is 3. The Bertz CT molecular complexity index is 679. The second kappa shape index (κ2) is 6.14. The maximum absolute atomic E-state index is 12.6. The second-order valence-corrected chi connectivity index (χ2v) is 6.49. The van der Waals surface area contributed by atoms with Gasteiger partial charge >= 0.3 is 0 Å². The van der Waals surface area contributed by atoms with Gasteiger partial charge < -0.3 is 9.42 Å². The molecule has 0 spiro atoms. The second-order valence-electron chi connectivity index (χ2n) is 6.49. The first-order valence-corrected chi connectivity index (χ1v) is 8.52. The molecule has 2 aromatic rings. The zero-order valence-corrected chi connectivity index (χ0v) is 13.1. The molecule has 1 atom stereocenters. The molecule has 1 aromatic carbocycles. The summed E-state index contributed by atoms with van der Waals surface area (Å²) in [7, 11) is 0. The van der Waals surface area contributed by atoms with Crippen molar-refractivity contribution in [2.24, 2.45) is 5.92 Å². The molecule has 1 aliphatic heterocycles. The lowest BCUT2D eigenvalue weighted by molar-refractivity contribution is -0.135. The van der Waals surface area contributed by atoms with E-state index in [1.165, 1.54) is 0 Å². The summed E-state index contributed by atoms with van der Waals surface area (Å²) >= 11 is 0. The van der Waals surface area contributed by atoms with Gasteiger partial charge in [0.15, 0.2) is 5.82 Å². The monoisotopic (exact) mass is 311 g/mol. The molecule has 1 saturated carbocycles. The Kier molecular flexibility index (Phi) is 3.85. The predicted octanol–water partition coefficient (Wildman–Crippen LogP) is 3.59. The summed E-state index contributed by atoms with van der Waals surface area (Å²) < 4.78 is 5.45. The normalized spacial score (nSPS) is 21.9. The Labute approximate surface area is 135 Å². The van der Waals surface area contributed by atoms with Crippen LogP contribution in [0.25, 0.3) is 11.5 Å². The molecule has 1 aliphatic carbocycles. The van der Waals surface area contributed by atoms with Crippen molar-refractivity contribution in [2.45, 2.75) is 44.6 Å². The van der Waals surface area contributed by atoms with Crippen LogP contribution in [0.4, 0.5) is 0 Å². The van der Waals surface area contributed by atoms with E-state index >= 15 is 0 Å². The molecule has 0 unspecified atom stereocenters. The molecule has 4 rings (SSSR count). The number of aromatic nitrogens is 2. The molecular formula is C18H21N3O2. The van der Waals surface area contributed by atoms with Gasteiger partial charge in [0.05, 0.1) is 6.04 Å². The van der Waals surface area contributed by atoms with Crippen molar-refractivity contribution in [1.29, 1.82) is 0 Å². The van der Waals surface area contributed by atoms with Crippen LogP contribution in [-0.4, -0.2) is 27.5 Å². The Morgan fingerprint density at radius 1 is 1.09 bits per heavy atom. The molecule has 2 heterocycles. The summed E-state index contributed by atoms with van der Waals surface area (Å²) in [6.45, 7) is 0.815. The van der Waals surface area contributed by atoms with Gasteiger partial charge in [0.1, 0.15) is 0 Å². The van der Waals surface area contributed by atoms with E-state index in [2.05, 4.69) is 10.1 Å². The van der Waals surface area contributed by atoms with Gasteiger partial charge in [-0.2, -0.15) is 4.98 Å². The zero-order valence-electron chi connectivity index (χ0n) is 13.1. The molecule has 0 N–H and O–H groups in total. The number of likely N-dealkylation sites (tertiary alicyclic amines) is 1. The fourth-order valence-corrected chi connectivity index (χ4v) is 3.27. The average Bonchev–Trinajstić information content (AvgIpc) is 3.37. The fourth-order valence-electron chi connectivity index (χ4n) is 3.27. The van der Waals surface area contributed by atoms with Crippen LogP contribution < -0.4 is 0 Å². The number of amides is 1. The number of rotatable bonds is 3. The van der Waals surface area contributed by atoms with E-state index in [0.29, 0.717) is 11.7 Å². The van der Waals surface area contributed by atoms with Crippen molar-refractivity contribution in [3.63, 3.8) is 0 Å². The van der Waals surface area contributed by atoms with Gasteiger partial charge in [-0.25, -0.2) is 0 Å². The van der Waals surface area contributed by atoms with Crippen LogP contribution in [0.2, 0.25) is 0 Å². The van der Waals surface area contributed by atoms with Crippen LogP contribution in [-0.2, 0) is 4.79 Å². The zero-order chi connectivity index (χ0) is 15.6. The molecule has 0 radical (unpaired) electrons. The highest BCUT2D eigenvalue weighted by atomic mass is 16.5. The summed E-state index contributed by atoms with van der Waals surface area (Å²) in [6, 6.07) is 9.74. The van der Waals surface area contributed by atoms with Crippen LogP contribution in [0.3, 0.4) is 0 Å². The van der Waals surface area contributed by atoms with Gasteiger partial charge in [-0.15, -0.1) is 0 Å². The number of carbonyl (C=O) groups is 1. The fraction of sp³-hybridized carbons (Fsp3) is 0.500. The summed E-state index contributed by atoms with van der Waals surface area (Å²) in [5.74, 6) is 1.70. The van der Waals surface area contributed by atoms with Crippen molar-refractivity contribution in [3.05, 3.63) is 36.2 Å². The van der Waals surface area contributed by atoms with Crippen molar-refractivity contribution in [3.8, 4) is 11.5 Å². The van der Waals surface area contributed by atoms with E-state index in [1.54, 1.807) is 0 Å². The lowest BCUT2D eigenvalue weighted by Crippen LogP contribution is -2.36. The van der Waals surface area contributed by atoms with E-state index in [1.807, 2.05) is 35.2 Å². The molecule has 1 amide bonds. The summed E-state index contributed by atoms with van der Waals surface area (Å²) in [5, 5.41) is 4.19. The van der Waals surface area contributed by atoms with Crippen LogP contribution in [0.15, 0.2) is 34.9 Å². The van der Waals surface area contributed by atoms with Crippen molar-refractivity contribution >= 4 is 5.91 Å². The Balaban J connectivity index is 1.61. The number of hydrogen-bond donors (Lipinski definition) is 0. The Hall–Kier alpha value is -2.17. The van der Waals surface area contributed by atoms with E-state index in [4.69, 9.17) is 4.52 Å². The molecular weight excluding hydrogens is 290 g/mol. The maximum Gasteiger partial charge on any atom is 0.257 e. The SMILES string of the molecule is O=C(C1CC1)N1CCCCC[C@@H]1c1noc(-c2ccccc2)n1. The largest absolute Gasteiger partial charge is 0.334 e. The lowest BCUT2D eigenvalue weighted by atomic mass is 10.1. The smallest absolute Gasteiger partial charge is 0.257 e. The van der Waals surface area contributed by atoms with Gasteiger partial charge in [0.2, 0.25) is 5.91 Å². The summed E-state index contributed by atoms with van der Waals surface area (Å²) in [6.07, 6.45) is 6.32. The highest BCUT2D eigenvalue weighted by Gasteiger charge is 2.38. The minimum absolute atomic E-state index is 0.0354. The Morgan fingerprint density at radius 3 is 2.70 bits per heavy atom. The van der Waals surface area contributed by atoms with E-state index in [9.17, 15) is 4.79 Å². The van der Waals surface area contributed by atoms with Gasteiger partial charge in [-0.1, -0.05) is 36.2 Å². The topological polar surface area (TPSA) is 59.2 Å². The third kappa shape index (κ3) is 3.00. The molecule has 5 nitrogen and oxygen atoms in total. The third-order valence-electron chi connectivity index (χ3n) is 4.72. The maximum atomic E-state index is 12.6. The molecule has 0 bridgehead atoms. The lowest BCUT2D eigenvalue weighted by Gasteiger charge is -2.27. The first kappa shape index (κ1) is 14.4. The molecule has 120 valence electrons. The van der Waals surface area contributed by atoms with Gasteiger partial charge in [0.25, 0.3) is 5.89 Å². The Morgan fingerprint density at radius 2 is 1.91 bits per heavy atom. The molecule has 2 aliphatic rings. The average molecular weight is 311 g/mol. The van der Waals surface area contributed by atoms with Crippen LogP contribution in [0.1, 0.15) is 50.4 Å². The minimum atomic E-state index is -0.0354. The highest BCUT2D eigenvalue weighted by molar-refractivity contribution is 5.81. The predicted molar refractivity (Wildman–Crippen MR) is 85.4 cm³/mol. The summed E-state index contributed by atoms with van der Waals surface area (Å²) in [5.41, 5.74) is 0.917. The number of carbonyl (C=O) groups excluding carboxylic acids is 1. The minimum Gasteiger partial charge on any atom is -0.334 e. The van der Waals surface area contributed by atoms with Gasteiger partial charge in [-0.05, 0) is 37.8 Å². The van der Waals surface area contributed by atoms with Crippen molar-refractivity contribution in [1.82, 2.24) is 15.0 Å². The molecule has 1 aromatic heterocycles. The molecule has 5 heteroatoms. The quantitative estimate of drug-likeness (QED) is 0.869. The number of benzene rings is 1. The van der Waals surface area contributed by atoms with E-state index in [-0.39, 0.29) is 17.9 Å². The first-order valence-electron chi connectivity index (χ1n) is 8.52. The van der Waals surface area contributed by atoms with E-state index in [0.717, 1.165) is 50.6 Å². The van der Waals surface area contributed by atoms with Crippen molar-refractivity contribution < 1.29 is 9.32 Å². The molecule has 1 saturated heterocycles. The molecule has 23 heavy (non-hydrogen) atoms. The molecule has 2 fully saturated rings. The number of hydrogen-bond acceptors (Lipinski definition) is 4. The van der Waals surface area contributed by atoms with Crippen molar-refractivity contribution in [2.75, 3.05) is 6.54 Å². The highest BCUT2D eigenvalue weighted by Crippen LogP contribution is 2.37.